The monoisotopic (exact) mass is 702 g/mol. The first-order valence-corrected chi connectivity index (χ1v) is 17.5. The zero-order chi connectivity index (χ0) is 33.0. The molecule has 10 nitrogen and oxygen atoms in total. The van der Waals surface area contributed by atoms with Crippen molar-refractivity contribution in [1.82, 2.24) is 14.8 Å². The number of nitrogens with zero attached hydrogens (tertiary/aromatic N) is 6. The molecule has 1 amide bonds. The second-order valence-corrected chi connectivity index (χ2v) is 15.3. The number of benzene rings is 2. The van der Waals surface area contributed by atoms with E-state index in [1.54, 1.807) is 6.07 Å². The predicted molar refractivity (Wildman–Crippen MR) is 185 cm³/mol. The molecule has 7 rings (SSSR count). The van der Waals surface area contributed by atoms with Gasteiger partial charge in [-0.1, -0.05) is 28.1 Å². The number of fused-ring (bicyclic) bond motifs is 4. The highest BCUT2D eigenvalue weighted by Crippen LogP contribution is 2.44. The molecule has 248 valence electrons. The molecule has 3 saturated heterocycles. The van der Waals surface area contributed by atoms with Gasteiger partial charge in [-0.2, -0.15) is 10.2 Å². The summed E-state index contributed by atoms with van der Waals surface area (Å²) in [4.78, 5) is 27.1. The molecular weight excluding hydrogens is 660 g/mol. The van der Waals surface area contributed by atoms with Crippen LogP contribution in [-0.2, 0) is 17.7 Å². The number of likely N-dealkylation sites (N-methyl/N-ethyl adjacent to an activating group) is 1. The van der Waals surface area contributed by atoms with Crippen molar-refractivity contribution in [1.29, 1.82) is 5.26 Å². The molecule has 0 aliphatic carbocycles. The fraction of sp³-hybridized carbons (Fsp3) is 0.528. The molecule has 0 saturated carbocycles. The molecule has 4 aliphatic heterocycles. The molecule has 3 atom stereocenters. The topological polar surface area (TPSA) is 105 Å². The van der Waals surface area contributed by atoms with Crippen molar-refractivity contribution in [2.45, 2.75) is 83.1 Å². The van der Waals surface area contributed by atoms with Crippen molar-refractivity contribution in [3.8, 4) is 17.7 Å². The lowest BCUT2D eigenvalue weighted by atomic mass is 9.94. The normalized spacial score (nSPS) is 22.8. The average Bonchev–Trinajstić information content (AvgIpc) is 3.55. The zero-order valence-corrected chi connectivity index (χ0v) is 29.2. The van der Waals surface area contributed by atoms with Crippen LogP contribution in [0.4, 0.5) is 16.3 Å². The average molecular weight is 704 g/mol. The van der Waals surface area contributed by atoms with Crippen molar-refractivity contribution in [3.05, 3.63) is 51.5 Å². The lowest BCUT2D eigenvalue weighted by Crippen LogP contribution is -2.56. The molecule has 2 bridgehead atoms. The highest BCUT2D eigenvalue weighted by atomic mass is 79.9. The first-order valence-electron chi connectivity index (χ1n) is 16.7. The number of halogens is 1. The summed E-state index contributed by atoms with van der Waals surface area (Å²) < 4.78 is 13.2. The number of hydrogen-bond donors (Lipinski definition) is 1. The van der Waals surface area contributed by atoms with Gasteiger partial charge in [-0.3, -0.25) is 0 Å². The number of carbonyl (C=O) groups is 1. The number of amides is 1. The number of anilines is 2. The summed E-state index contributed by atoms with van der Waals surface area (Å²) in [5, 5.41) is 23.3. The minimum absolute atomic E-state index is 0.101. The number of hydrogen-bond acceptors (Lipinski definition) is 9. The number of rotatable bonds is 5. The number of carbonyl (C=O) groups excluding carboxylic acids is 1. The van der Waals surface area contributed by atoms with Gasteiger partial charge in [-0.15, -0.1) is 0 Å². The fourth-order valence-corrected chi connectivity index (χ4v) is 8.50. The lowest BCUT2D eigenvalue weighted by Gasteiger charge is -2.43. The van der Waals surface area contributed by atoms with Crippen LogP contribution in [0.2, 0.25) is 0 Å². The van der Waals surface area contributed by atoms with E-state index in [0.29, 0.717) is 50.7 Å². The van der Waals surface area contributed by atoms with Gasteiger partial charge in [0.05, 0.1) is 0 Å². The number of phenolic OH excluding ortho intramolecular Hbond substituents is 1. The van der Waals surface area contributed by atoms with Crippen molar-refractivity contribution in [3.63, 3.8) is 0 Å². The van der Waals surface area contributed by atoms with E-state index in [1.165, 1.54) is 0 Å². The van der Waals surface area contributed by atoms with Crippen LogP contribution in [0.25, 0.3) is 10.8 Å². The quantitative estimate of drug-likeness (QED) is 0.333. The summed E-state index contributed by atoms with van der Waals surface area (Å²) in [6, 6.07) is 12.5. The molecule has 0 spiro atoms. The van der Waals surface area contributed by atoms with Crippen molar-refractivity contribution in [2.24, 2.45) is 0 Å². The van der Waals surface area contributed by atoms with E-state index in [0.717, 1.165) is 70.1 Å². The summed E-state index contributed by atoms with van der Waals surface area (Å²) in [5.41, 5.74) is 2.85. The van der Waals surface area contributed by atoms with E-state index >= 15 is 0 Å². The Morgan fingerprint density at radius 3 is 2.57 bits per heavy atom. The van der Waals surface area contributed by atoms with E-state index in [2.05, 4.69) is 43.7 Å². The smallest absolute Gasteiger partial charge is 0.410 e. The Morgan fingerprint density at radius 1 is 1.13 bits per heavy atom. The van der Waals surface area contributed by atoms with E-state index in [9.17, 15) is 15.2 Å². The molecule has 0 radical (unpaired) electrons. The summed E-state index contributed by atoms with van der Waals surface area (Å²) in [6.07, 6.45) is 4.52. The van der Waals surface area contributed by atoms with Gasteiger partial charge in [0.25, 0.3) is 0 Å². The SMILES string of the molecule is CN1CCC[C@H]1COc1nc(N2[C@@H]3CC[C@H]2CN(C(=O)OC(C)(C)C)C3)c2c(c1C#N)CN(c1cc(O)cc3cccc(Br)c13)CC2. The van der Waals surface area contributed by atoms with Crippen molar-refractivity contribution in [2.75, 3.05) is 49.6 Å². The second-order valence-electron chi connectivity index (χ2n) is 14.4. The largest absolute Gasteiger partial charge is 0.508 e. The first kappa shape index (κ1) is 31.8. The van der Waals surface area contributed by atoms with Crippen molar-refractivity contribution < 1.29 is 19.4 Å². The number of likely N-dealkylation sites (tertiary alicyclic amines) is 2. The highest BCUT2D eigenvalue weighted by Gasteiger charge is 2.45. The van der Waals surface area contributed by atoms with Crippen LogP contribution in [0.3, 0.4) is 0 Å². The number of phenols is 1. The molecule has 1 aromatic heterocycles. The van der Waals surface area contributed by atoms with Gasteiger partial charge in [0.15, 0.2) is 0 Å². The second kappa shape index (κ2) is 12.4. The molecule has 0 unspecified atom stereocenters. The molecule has 3 aromatic rings. The number of ether oxygens (including phenoxy) is 2. The van der Waals surface area contributed by atoms with Gasteiger partial charge < -0.3 is 34.2 Å². The van der Waals surface area contributed by atoms with Gasteiger partial charge >= 0.3 is 6.09 Å². The Kier molecular flexibility index (Phi) is 8.37. The number of pyridine rings is 1. The summed E-state index contributed by atoms with van der Waals surface area (Å²) in [7, 11) is 2.12. The van der Waals surface area contributed by atoms with Crippen LogP contribution < -0.4 is 14.5 Å². The van der Waals surface area contributed by atoms with E-state index < -0.39 is 5.60 Å². The first-order chi connectivity index (χ1) is 22.5. The maximum atomic E-state index is 13.1. The van der Waals surface area contributed by atoms with E-state index in [4.69, 9.17) is 14.5 Å². The van der Waals surface area contributed by atoms with Crippen LogP contribution in [0.15, 0.2) is 34.8 Å². The number of aromatic nitrogens is 1. The summed E-state index contributed by atoms with van der Waals surface area (Å²) >= 11 is 3.74. The fourth-order valence-electron chi connectivity index (χ4n) is 7.91. The molecular formula is C36H43BrN6O4. The molecule has 47 heavy (non-hydrogen) atoms. The van der Waals surface area contributed by atoms with Gasteiger partial charge in [-0.25, -0.2) is 4.79 Å². The lowest BCUT2D eigenvalue weighted by molar-refractivity contribution is 0.0209. The van der Waals surface area contributed by atoms with Gasteiger partial charge in [-0.05, 0) is 84.0 Å². The van der Waals surface area contributed by atoms with Crippen LogP contribution in [-0.4, -0.2) is 89.5 Å². The molecule has 3 fully saturated rings. The maximum absolute atomic E-state index is 13.1. The van der Waals surface area contributed by atoms with Crippen LogP contribution >= 0.6 is 15.9 Å². The zero-order valence-electron chi connectivity index (χ0n) is 27.6. The Balaban J connectivity index is 1.28. The summed E-state index contributed by atoms with van der Waals surface area (Å²) in [6.45, 7) is 9.53. The van der Waals surface area contributed by atoms with Crippen LogP contribution in [0.5, 0.6) is 11.6 Å². The predicted octanol–water partition coefficient (Wildman–Crippen LogP) is 6.20. The van der Waals surface area contributed by atoms with E-state index in [-0.39, 0.29) is 30.0 Å². The Hall–Kier alpha value is -3.75. The van der Waals surface area contributed by atoms with Gasteiger partial charge in [0.2, 0.25) is 5.88 Å². The minimum atomic E-state index is -0.553. The van der Waals surface area contributed by atoms with Gasteiger partial charge in [0, 0.05) is 77.0 Å². The Labute approximate surface area is 285 Å². The Bertz CT molecular complexity index is 1740. The molecule has 1 N–H and O–H groups in total. The minimum Gasteiger partial charge on any atom is -0.508 e. The van der Waals surface area contributed by atoms with E-state index in [1.807, 2.05) is 49.9 Å². The number of nitriles is 1. The molecule has 4 aliphatic rings. The third kappa shape index (κ3) is 6.06. The highest BCUT2D eigenvalue weighted by molar-refractivity contribution is 9.10. The molecule has 5 heterocycles. The van der Waals surface area contributed by atoms with Crippen molar-refractivity contribution >= 4 is 44.3 Å². The maximum Gasteiger partial charge on any atom is 0.410 e. The third-order valence-electron chi connectivity index (χ3n) is 10.1. The molecule has 11 heteroatoms. The number of aromatic hydroxyl groups is 1. The van der Waals surface area contributed by atoms with Gasteiger partial charge in [0.1, 0.15) is 35.4 Å². The molecule has 2 aromatic carbocycles. The summed E-state index contributed by atoms with van der Waals surface area (Å²) in [5.74, 6) is 1.47. The van der Waals surface area contributed by atoms with Crippen LogP contribution in [0.1, 0.15) is 63.1 Å². The number of piperazine rings is 1. The standard InChI is InChI=1S/C36H43BrN6O4/c1-36(2,3)47-35(45)42-18-23-10-11-24(19-42)43(23)33-27-12-14-41(31-16-26(44)15-22-7-5-9-30(37)32(22)31)20-29(27)28(17-38)34(39-33)46-21-25-8-6-13-40(25)4/h5,7,9,15-16,23-25,44H,6,8,10-14,18-21H2,1-4H3/t23-,24+,25-/m0/s1. The Morgan fingerprint density at radius 2 is 1.89 bits per heavy atom. The van der Waals surface area contributed by atoms with Crippen LogP contribution in [0, 0.1) is 11.3 Å². The third-order valence-corrected chi connectivity index (χ3v) is 10.8.